The normalized spacial score (nSPS) is 18.2. The second-order valence-electron chi connectivity index (χ2n) is 7.51. The summed E-state index contributed by atoms with van der Waals surface area (Å²) in [7, 11) is 0. The zero-order valence-electron chi connectivity index (χ0n) is 15.4. The SMILES string of the molecule is CCn1ncc2cnc(-c3[nH]ncc3NC(=O)N3CCCCC34CC4)cc21. The molecule has 27 heavy (non-hydrogen) atoms. The standard InChI is InChI=1S/C19H23N7O/c1-2-26-16-9-14(20-10-13(16)11-22-26)17-15(12-21-24-17)23-18(27)25-8-4-3-5-19(25)6-7-19/h9-12H,2-8H2,1H3,(H,21,24)(H,23,27). The van der Waals surface area contributed by atoms with Gasteiger partial charge in [-0.05, 0) is 45.1 Å². The van der Waals surface area contributed by atoms with Crippen molar-refractivity contribution in [2.45, 2.75) is 51.1 Å². The van der Waals surface area contributed by atoms with E-state index in [9.17, 15) is 4.79 Å². The Kier molecular flexibility index (Phi) is 3.66. The van der Waals surface area contributed by atoms with Crippen LogP contribution in [0.2, 0.25) is 0 Å². The number of nitrogens with one attached hydrogen (secondary N) is 2. The van der Waals surface area contributed by atoms with Crippen LogP contribution in [0, 0.1) is 0 Å². The van der Waals surface area contributed by atoms with Gasteiger partial charge in [0, 0.05) is 30.2 Å². The number of fused-ring (bicyclic) bond motifs is 1. The summed E-state index contributed by atoms with van der Waals surface area (Å²) < 4.78 is 1.93. The van der Waals surface area contributed by atoms with Gasteiger partial charge in [-0.25, -0.2) is 4.79 Å². The summed E-state index contributed by atoms with van der Waals surface area (Å²) in [5.74, 6) is 0. The molecule has 3 aromatic heterocycles. The van der Waals surface area contributed by atoms with Crippen molar-refractivity contribution < 1.29 is 4.79 Å². The van der Waals surface area contributed by atoms with Gasteiger partial charge in [-0.3, -0.25) is 14.8 Å². The van der Waals surface area contributed by atoms with Crippen molar-refractivity contribution in [2.24, 2.45) is 0 Å². The second-order valence-corrected chi connectivity index (χ2v) is 7.51. The maximum Gasteiger partial charge on any atom is 0.322 e. The zero-order valence-corrected chi connectivity index (χ0v) is 15.4. The Labute approximate surface area is 157 Å². The van der Waals surface area contributed by atoms with E-state index in [1.165, 1.54) is 6.42 Å². The first-order valence-corrected chi connectivity index (χ1v) is 9.64. The van der Waals surface area contributed by atoms with Crippen molar-refractivity contribution >= 4 is 22.6 Å². The predicted molar refractivity (Wildman–Crippen MR) is 102 cm³/mol. The summed E-state index contributed by atoms with van der Waals surface area (Å²) in [5, 5.41) is 15.5. The molecule has 0 aromatic carbocycles. The summed E-state index contributed by atoms with van der Waals surface area (Å²) in [6, 6.07) is 1.95. The number of aromatic amines is 1. The van der Waals surface area contributed by atoms with Gasteiger partial charge in [-0.1, -0.05) is 0 Å². The molecule has 4 heterocycles. The zero-order chi connectivity index (χ0) is 18.4. The van der Waals surface area contributed by atoms with Crippen LogP contribution in [0.1, 0.15) is 39.0 Å². The molecule has 0 unspecified atom stereocenters. The van der Waals surface area contributed by atoms with Crippen LogP contribution in [0.25, 0.3) is 22.3 Å². The first-order chi connectivity index (χ1) is 13.2. The lowest BCUT2D eigenvalue weighted by atomic mass is 10.0. The average Bonchev–Trinajstić information content (AvgIpc) is 3.13. The smallest absolute Gasteiger partial charge is 0.319 e. The van der Waals surface area contributed by atoms with E-state index in [2.05, 4.69) is 32.5 Å². The fourth-order valence-corrected chi connectivity index (χ4v) is 4.20. The van der Waals surface area contributed by atoms with Gasteiger partial charge in [0.25, 0.3) is 0 Å². The number of hydrogen-bond donors (Lipinski definition) is 2. The van der Waals surface area contributed by atoms with Crippen LogP contribution in [0.4, 0.5) is 10.5 Å². The molecule has 140 valence electrons. The minimum absolute atomic E-state index is 0.0328. The van der Waals surface area contributed by atoms with Crippen LogP contribution in [-0.2, 0) is 6.54 Å². The summed E-state index contributed by atoms with van der Waals surface area (Å²) in [6.45, 7) is 3.68. The van der Waals surface area contributed by atoms with Gasteiger partial charge in [0.1, 0.15) is 5.69 Å². The van der Waals surface area contributed by atoms with Gasteiger partial charge in [-0.2, -0.15) is 10.2 Å². The summed E-state index contributed by atoms with van der Waals surface area (Å²) >= 11 is 0. The van der Waals surface area contributed by atoms with E-state index in [1.807, 2.05) is 21.8 Å². The number of amides is 2. The van der Waals surface area contributed by atoms with Crippen molar-refractivity contribution in [1.82, 2.24) is 29.9 Å². The molecule has 0 bridgehead atoms. The maximum atomic E-state index is 12.9. The number of aryl methyl sites for hydroxylation is 1. The Bertz CT molecular complexity index is 1000. The third-order valence-corrected chi connectivity index (χ3v) is 5.88. The van der Waals surface area contributed by atoms with Crippen molar-refractivity contribution in [3.8, 4) is 11.4 Å². The molecular formula is C19H23N7O. The number of carbonyl (C=O) groups is 1. The van der Waals surface area contributed by atoms with Gasteiger partial charge in [0.15, 0.2) is 0 Å². The Hall–Kier alpha value is -2.90. The largest absolute Gasteiger partial charge is 0.322 e. The summed E-state index contributed by atoms with van der Waals surface area (Å²) in [5.41, 5.74) is 3.25. The van der Waals surface area contributed by atoms with Crippen LogP contribution in [0.3, 0.4) is 0 Å². The molecule has 1 aliphatic heterocycles. The third-order valence-electron chi connectivity index (χ3n) is 5.88. The number of carbonyl (C=O) groups excluding carboxylic acids is 1. The Balaban J connectivity index is 1.43. The molecule has 8 nitrogen and oxygen atoms in total. The predicted octanol–water partition coefficient (Wildman–Crippen LogP) is 3.39. The lowest BCUT2D eigenvalue weighted by Crippen LogP contribution is -2.47. The van der Waals surface area contributed by atoms with Crippen LogP contribution >= 0.6 is 0 Å². The number of rotatable bonds is 3. The minimum Gasteiger partial charge on any atom is -0.319 e. The fraction of sp³-hybridized carbons (Fsp3) is 0.474. The van der Waals surface area contributed by atoms with Crippen LogP contribution in [-0.4, -0.2) is 48.0 Å². The highest BCUT2D eigenvalue weighted by atomic mass is 16.2. The number of aromatic nitrogens is 5. The molecule has 3 aromatic rings. The lowest BCUT2D eigenvalue weighted by Gasteiger charge is -2.36. The quantitative estimate of drug-likeness (QED) is 0.744. The molecule has 2 aliphatic rings. The molecule has 5 rings (SSSR count). The van der Waals surface area contributed by atoms with Crippen LogP contribution in [0.15, 0.2) is 24.7 Å². The van der Waals surface area contributed by atoms with Gasteiger partial charge < -0.3 is 10.2 Å². The molecular weight excluding hydrogens is 342 g/mol. The second kappa shape index (κ2) is 6.07. The molecule has 1 spiro atoms. The van der Waals surface area contributed by atoms with Gasteiger partial charge in [-0.15, -0.1) is 0 Å². The highest BCUT2D eigenvalue weighted by molar-refractivity contribution is 5.94. The molecule has 2 amide bonds. The number of nitrogens with zero attached hydrogens (tertiary/aromatic N) is 5. The number of H-pyrrole nitrogens is 1. The first kappa shape index (κ1) is 16.3. The van der Waals surface area contributed by atoms with Crippen molar-refractivity contribution in [1.29, 1.82) is 0 Å². The minimum atomic E-state index is -0.0328. The van der Waals surface area contributed by atoms with E-state index in [0.717, 1.165) is 61.1 Å². The molecule has 0 atom stereocenters. The summed E-state index contributed by atoms with van der Waals surface area (Å²) in [4.78, 5) is 19.5. The highest BCUT2D eigenvalue weighted by Crippen LogP contribution is 2.48. The van der Waals surface area contributed by atoms with E-state index < -0.39 is 0 Å². The molecule has 0 radical (unpaired) electrons. The Morgan fingerprint density at radius 2 is 2.15 bits per heavy atom. The number of urea groups is 1. The van der Waals surface area contributed by atoms with Crippen molar-refractivity contribution in [3.63, 3.8) is 0 Å². The number of hydrogen-bond acceptors (Lipinski definition) is 4. The van der Waals surface area contributed by atoms with Crippen molar-refractivity contribution in [2.75, 3.05) is 11.9 Å². The monoisotopic (exact) mass is 365 g/mol. The van der Waals surface area contributed by atoms with E-state index in [0.29, 0.717) is 5.69 Å². The maximum absolute atomic E-state index is 12.9. The topological polar surface area (TPSA) is 91.7 Å². The summed E-state index contributed by atoms with van der Waals surface area (Å²) in [6.07, 6.45) is 10.9. The van der Waals surface area contributed by atoms with Crippen LogP contribution in [0.5, 0.6) is 0 Å². The number of anilines is 1. The number of piperidine rings is 1. The van der Waals surface area contributed by atoms with Gasteiger partial charge in [0.2, 0.25) is 0 Å². The molecule has 1 saturated carbocycles. The van der Waals surface area contributed by atoms with E-state index in [4.69, 9.17) is 0 Å². The molecule has 8 heteroatoms. The number of pyridine rings is 1. The molecule has 1 saturated heterocycles. The fourth-order valence-electron chi connectivity index (χ4n) is 4.20. The molecule has 2 fully saturated rings. The highest BCUT2D eigenvalue weighted by Gasteiger charge is 2.51. The van der Waals surface area contributed by atoms with E-state index in [-0.39, 0.29) is 11.6 Å². The third kappa shape index (κ3) is 2.67. The lowest BCUT2D eigenvalue weighted by molar-refractivity contribution is 0.151. The van der Waals surface area contributed by atoms with Crippen LogP contribution < -0.4 is 5.32 Å². The molecule has 1 aliphatic carbocycles. The first-order valence-electron chi connectivity index (χ1n) is 9.64. The van der Waals surface area contributed by atoms with E-state index in [1.54, 1.807) is 12.4 Å². The van der Waals surface area contributed by atoms with Crippen molar-refractivity contribution in [3.05, 3.63) is 24.7 Å². The van der Waals surface area contributed by atoms with Gasteiger partial charge in [0.05, 0.1) is 29.3 Å². The van der Waals surface area contributed by atoms with Gasteiger partial charge >= 0.3 is 6.03 Å². The molecule has 2 N–H and O–H groups in total. The average molecular weight is 365 g/mol. The Morgan fingerprint density at radius 3 is 2.96 bits per heavy atom. The number of likely N-dealkylation sites (tertiary alicyclic amines) is 1. The van der Waals surface area contributed by atoms with E-state index >= 15 is 0 Å². The Morgan fingerprint density at radius 1 is 1.26 bits per heavy atom.